The molecule has 0 amide bonds. The van der Waals surface area contributed by atoms with Gasteiger partial charge in [-0.2, -0.15) is 0 Å². The second-order valence-electron chi connectivity index (χ2n) is 4.71. The van der Waals surface area contributed by atoms with Gasteiger partial charge in [0.15, 0.2) is 5.76 Å². The van der Waals surface area contributed by atoms with Gasteiger partial charge < -0.3 is 9.84 Å². The van der Waals surface area contributed by atoms with Crippen LogP contribution in [0.1, 0.15) is 5.56 Å². The van der Waals surface area contributed by atoms with Crippen molar-refractivity contribution in [1.82, 2.24) is 15.4 Å². The van der Waals surface area contributed by atoms with Gasteiger partial charge >= 0.3 is 0 Å². The zero-order chi connectivity index (χ0) is 13.1. The maximum Gasteiger partial charge on any atom is 0.171 e. The van der Waals surface area contributed by atoms with Crippen LogP contribution in [0.5, 0.6) is 0 Å². The Balaban J connectivity index is 1.79. The lowest BCUT2D eigenvalue weighted by atomic mass is 10.1. The summed E-state index contributed by atoms with van der Waals surface area (Å²) in [5.74, 6) is 0.843. The number of benzene rings is 1. The average molecular weight is 278 g/mol. The molecule has 4 nitrogen and oxygen atoms in total. The van der Waals surface area contributed by atoms with Gasteiger partial charge in [0.05, 0.1) is 6.20 Å². The van der Waals surface area contributed by atoms with Gasteiger partial charge in [0, 0.05) is 48.9 Å². The molecule has 100 valence electrons. The molecule has 0 aliphatic carbocycles. The molecule has 0 atom stereocenters. The van der Waals surface area contributed by atoms with Gasteiger partial charge in [-0.25, -0.2) is 0 Å². The van der Waals surface area contributed by atoms with Crippen molar-refractivity contribution in [3.05, 3.63) is 41.0 Å². The lowest BCUT2D eigenvalue weighted by Crippen LogP contribution is -2.42. The molecule has 19 heavy (non-hydrogen) atoms. The Bertz CT molecular complexity index is 532. The van der Waals surface area contributed by atoms with Crippen molar-refractivity contribution in [2.75, 3.05) is 26.2 Å². The minimum Gasteiger partial charge on any atom is -0.356 e. The third-order valence-electron chi connectivity index (χ3n) is 3.35. The van der Waals surface area contributed by atoms with Gasteiger partial charge in [-0.05, 0) is 24.3 Å². The zero-order valence-electron chi connectivity index (χ0n) is 10.6. The highest BCUT2D eigenvalue weighted by molar-refractivity contribution is 6.30. The molecule has 5 heteroatoms. The lowest BCUT2D eigenvalue weighted by Gasteiger charge is -2.26. The highest BCUT2D eigenvalue weighted by Crippen LogP contribution is 2.26. The fraction of sp³-hybridized carbons (Fsp3) is 0.357. The van der Waals surface area contributed by atoms with E-state index in [-0.39, 0.29) is 0 Å². The Kier molecular flexibility index (Phi) is 3.82. The molecule has 1 aliphatic heterocycles. The first-order chi connectivity index (χ1) is 9.33. The largest absolute Gasteiger partial charge is 0.356 e. The van der Waals surface area contributed by atoms with Crippen LogP contribution in [-0.2, 0) is 6.54 Å². The summed E-state index contributed by atoms with van der Waals surface area (Å²) in [6.45, 7) is 5.09. The van der Waals surface area contributed by atoms with E-state index in [0.717, 1.165) is 54.6 Å². The summed E-state index contributed by atoms with van der Waals surface area (Å²) >= 11 is 5.91. The van der Waals surface area contributed by atoms with Crippen LogP contribution >= 0.6 is 11.6 Å². The van der Waals surface area contributed by atoms with Gasteiger partial charge in [0.1, 0.15) is 0 Å². The standard InChI is InChI=1S/C14H16ClN3O/c15-13-3-1-11(2-4-13)14-12(9-17-19-14)10-18-7-5-16-6-8-18/h1-4,9,16H,5-8,10H2. The number of hydrogen-bond acceptors (Lipinski definition) is 4. The highest BCUT2D eigenvalue weighted by Gasteiger charge is 2.16. The maximum atomic E-state index is 5.91. The van der Waals surface area contributed by atoms with E-state index in [1.165, 1.54) is 0 Å². The van der Waals surface area contributed by atoms with Crippen molar-refractivity contribution in [2.45, 2.75) is 6.54 Å². The summed E-state index contributed by atoms with van der Waals surface area (Å²) in [4.78, 5) is 2.41. The SMILES string of the molecule is Clc1ccc(-c2oncc2CN2CCNCC2)cc1. The topological polar surface area (TPSA) is 41.3 Å². The van der Waals surface area contributed by atoms with Crippen molar-refractivity contribution in [3.63, 3.8) is 0 Å². The van der Waals surface area contributed by atoms with Crippen molar-refractivity contribution in [2.24, 2.45) is 0 Å². The molecule has 1 fully saturated rings. The molecular weight excluding hydrogens is 262 g/mol. The minimum atomic E-state index is 0.729. The summed E-state index contributed by atoms with van der Waals surface area (Å²) < 4.78 is 5.40. The van der Waals surface area contributed by atoms with Crippen LogP contribution in [0.4, 0.5) is 0 Å². The first-order valence-corrected chi connectivity index (χ1v) is 6.83. The summed E-state index contributed by atoms with van der Waals surface area (Å²) in [7, 11) is 0. The van der Waals surface area contributed by atoms with Gasteiger partial charge in [-0.3, -0.25) is 4.90 Å². The molecule has 0 radical (unpaired) electrons. The first-order valence-electron chi connectivity index (χ1n) is 6.45. The molecule has 3 rings (SSSR count). The van der Waals surface area contributed by atoms with E-state index >= 15 is 0 Å². The van der Waals surface area contributed by atoms with Crippen LogP contribution in [0, 0.1) is 0 Å². The quantitative estimate of drug-likeness (QED) is 0.935. The second kappa shape index (κ2) is 5.74. The number of halogens is 1. The number of nitrogens with one attached hydrogen (secondary N) is 1. The molecule has 2 aromatic rings. The summed E-state index contributed by atoms with van der Waals surface area (Å²) in [5, 5.41) is 8.02. The number of rotatable bonds is 3. The Hall–Kier alpha value is -1.36. The lowest BCUT2D eigenvalue weighted by molar-refractivity contribution is 0.233. The second-order valence-corrected chi connectivity index (χ2v) is 5.15. The van der Waals surface area contributed by atoms with Gasteiger partial charge in [-0.15, -0.1) is 0 Å². The Morgan fingerprint density at radius 1 is 1.21 bits per heavy atom. The van der Waals surface area contributed by atoms with E-state index in [2.05, 4.69) is 15.4 Å². The summed E-state index contributed by atoms with van der Waals surface area (Å²) in [6.07, 6.45) is 1.81. The third-order valence-corrected chi connectivity index (χ3v) is 3.61. The molecule has 1 aromatic heterocycles. The average Bonchev–Trinajstić information content (AvgIpc) is 2.89. The number of piperazine rings is 1. The van der Waals surface area contributed by atoms with E-state index < -0.39 is 0 Å². The van der Waals surface area contributed by atoms with Crippen LogP contribution in [-0.4, -0.2) is 36.2 Å². The fourth-order valence-corrected chi connectivity index (χ4v) is 2.45. The Morgan fingerprint density at radius 3 is 2.68 bits per heavy atom. The van der Waals surface area contributed by atoms with E-state index in [1.807, 2.05) is 30.5 Å². The molecule has 1 aliphatic rings. The van der Waals surface area contributed by atoms with Gasteiger partial charge in [0.2, 0.25) is 0 Å². The van der Waals surface area contributed by atoms with Crippen LogP contribution < -0.4 is 5.32 Å². The molecule has 1 aromatic carbocycles. The van der Waals surface area contributed by atoms with E-state index in [1.54, 1.807) is 0 Å². The van der Waals surface area contributed by atoms with E-state index in [4.69, 9.17) is 16.1 Å². The van der Waals surface area contributed by atoms with Gasteiger partial charge in [0.25, 0.3) is 0 Å². The van der Waals surface area contributed by atoms with Crippen molar-refractivity contribution >= 4 is 11.6 Å². The maximum absolute atomic E-state index is 5.91. The Labute approximate surface area is 117 Å². The molecular formula is C14H16ClN3O. The van der Waals surface area contributed by atoms with E-state index in [9.17, 15) is 0 Å². The predicted molar refractivity (Wildman–Crippen MR) is 75.1 cm³/mol. The van der Waals surface area contributed by atoms with E-state index in [0.29, 0.717) is 0 Å². The van der Waals surface area contributed by atoms with Crippen LogP contribution in [0.25, 0.3) is 11.3 Å². The smallest absolute Gasteiger partial charge is 0.171 e. The van der Waals surface area contributed by atoms with Crippen molar-refractivity contribution in [3.8, 4) is 11.3 Å². The van der Waals surface area contributed by atoms with Crippen molar-refractivity contribution in [1.29, 1.82) is 0 Å². The number of hydrogen-bond donors (Lipinski definition) is 1. The predicted octanol–water partition coefficient (Wildman–Crippen LogP) is 2.40. The molecule has 2 heterocycles. The molecule has 0 bridgehead atoms. The molecule has 1 N–H and O–H groups in total. The summed E-state index contributed by atoms with van der Waals surface area (Å²) in [6, 6.07) is 7.66. The van der Waals surface area contributed by atoms with Gasteiger partial charge in [-0.1, -0.05) is 16.8 Å². The summed E-state index contributed by atoms with van der Waals surface area (Å²) in [5.41, 5.74) is 2.15. The number of aromatic nitrogens is 1. The molecule has 0 spiro atoms. The van der Waals surface area contributed by atoms with Crippen LogP contribution in [0.2, 0.25) is 5.02 Å². The minimum absolute atomic E-state index is 0.729. The van der Waals surface area contributed by atoms with Crippen LogP contribution in [0.15, 0.2) is 35.0 Å². The van der Waals surface area contributed by atoms with Crippen LogP contribution in [0.3, 0.4) is 0 Å². The Morgan fingerprint density at radius 2 is 1.95 bits per heavy atom. The zero-order valence-corrected chi connectivity index (χ0v) is 11.4. The first kappa shape index (κ1) is 12.7. The third kappa shape index (κ3) is 2.97. The normalized spacial score (nSPS) is 16.7. The fourth-order valence-electron chi connectivity index (χ4n) is 2.32. The molecule has 0 unspecified atom stereocenters. The molecule has 0 saturated carbocycles. The van der Waals surface area contributed by atoms with Crippen molar-refractivity contribution < 1.29 is 4.52 Å². The number of nitrogens with zero attached hydrogens (tertiary/aromatic N) is 2. The highest BCUT2D eigenvalue weighted by atomic mass is 35.5. The monoisotopic (exact) mass is 277 g/mol. The molecule has 1 saturated heterocycles.